The van der Waals surface area contributed by atoms with Crippen LogP contribution in [0.3, 0.4) is 0 Å². The fourth-order valence-corrected chi connectivity index (χ4v) is 2.20. The third-order valence-electron chi connectivity index (χ3n) is 3.70. The van der Waals surface area contributed by atoms with E-state index in [-0.39, 0.29) is 5.76 Å². The first-order valence-electron chi connectivity index (χ1n) is 8.54. The molecule has 0 unspecified atom stereocenters. The van der Waals surface area contributed by atoms with Gasteiger partial charge in [0.05, 0.1) is 13.1 Å². The zero-order valence-electron chi connectivity index (χ0n) is 14.8. The van der Waals surface area contributed by atoms with Crippen LogP contribution < -0.4 is 16.4 Å². The average molecular weight is 342 g/mol. The third-order valence-corrected chi connectivity index (χ3v) is 3.70. The lowest BCUT2D eigenvalue weighted by atomic mass is 10.1. The van der Waals surface area contributed by atoms with Crippen LogP contribution in [-0.2, 0) is 13.1 Å². The zero-order valence-corrected chi connectivity index (χ0v) is 14.8. The molecule has 4 N–H and O–H groups in total. The molecule has 0 radical (unpaired) electrons. The van der Waals surface area contributed by atoms with Crippen LogP contribution in [0.25, 0.3) is 0 Å². The molecular formula is C19H26N4O2. The summed E-state index contributed by atoms with van der Waals surface area (Å²) in [5.41, 5.74) is 7.58. The standard InChI is InChI=1S/C19H26N4O2/c1-3-4-11-21-19(22-12-15-7-5-14(2)6-8-15)23-13-16-9-10-17(25-16)18(20)24/h5-10H,3-4,11-13H2,1-2H3,(H2,20,24)(H2,21,22,23). The van der Waals surface area contributed by atoms with Crippen molar-refractivity contribution in [1.82, 2.24) is 10.6 Å². The molecule has 0 aliphatic rings. The molecule has 2 rings (SSSR count). The summed E-state index contributed by atoms with van der Waals surface area (Å²) >= 11 is 0. The molecule has 0 bridgehead atoms. The number of nitrogens with one attached hydrogen (secondary N) is 2. The van der Waals surface area contributed by atoms with Crippen LogP contribution in [0.1, 0.15) is 47.2 Å². The van der Waals surface area contributed by atoms with Crippen molar-refractivity contribution in [2.45, 2.75) is 39.8 Å². The van der Waals surface area contributed by atoms with Gasteiger partial charge in [0.2, 0.25) is 0 Å². The van der Waals surface area contributed by atoms with Gasteiger partial charge < -0.3 is 20.8 Å². The molecule has 6 heteroatoms. The molecule has 1 aromatic carbocycles. The second-order valence-electron chi connectivity index (χ2n) is 5.91. The van der Waals surface area contributed by atoms with Crippen molar-refractivity contribution in [1.29, 1.82) is 0 Å². The normalized spacial score (nSPS) is 11.4. The number of guanidine groups is 1. The number of hydrogen-bond donors (Lipinski definition) is 3. The number of rotatable bonds is 8. The summed E-state index contributed by atoms with van der Waals surface area (Å²) in [6.07, 6.45) is 2.18. The fraction of sp³-hybridized carbons (Fsp3) is 0.368. The van der Waals surface area contributed by atoms with Gasteiger partial charge in [0.1, 0.15) is 5.76 Å². The predicted molar refractivity (Wildman–Crippen MR) is 99.3 cm³/mol. The number of aryl methyl sites for hydroxylation is 1. The molecule has 25 heavy (non-hydrogen) atoms. The largest absolute Gasteiger partial charge is 0.454 e. The van der Waals surface area contributed by atoms with Gasteiger partial charge in [-0.3, -0.25) is 4.79 Å². The van der Waals surface area contributed by atoms with E-state index in [9.17, 15) is 4.79 Å². The van der Waals surface area contributed by atoms with Gasteiger partial charge in [0, 0.05) is 6.54 Å². The Bertz CT molecular complexity index is 704. The molecule has 0 spiro atoms. The SMILES string of the molecule is CCCCNC(=NCc1ccc(C)cc1)NCc1ccc(C(N)=O)o1. The highest BCUT2D eigenvalue weighted by molar-refractivity contribution is 5.89. The molecule has 1 heterocycles. The number of amides is 1. The maximum Gasteiger partial charge on any atom is 0.284 e. The van der Waals surface area contributed by atoms with E-state index in [0.717, 1.165) is 24.9 Å². The summed E-state index contributed by atoms with van der Waals surface area (Å²) < 4.78 is 5.38. The number of hydrogen-bond acceptors (Lipinski definition) is 3. The van der Waals surface area contributed by atoms with E-state index in [4.69, 9.17) is 10.2 Å². The van der Waals surface area contributed by atoms with Gasteiger partial charge in [-0.2, -0.15) is 0 Å². The number of nitrogens with two attached hydrogens (primary N) is 1. The van der Waals surface area contributed by atoms with E-state index in [1.165, 1.54) is 5.56 Å². The lowest BCUT2D eigenvalue weighted by Crippen LogP contribution is -2.37. The molecule has 2 aromatic rings. The molecule has 1 amide bonds. The Kier molecular flexibility index (Phi) is 7.07. The molecule has 0 aliphatic heterocycles. The number of carbonyl (C=O) groups excluding carboxylic acids is 1. The minimum Gasteiger partial charge on any atom is -0.454 e. The Hall–Kier alpha value is -2.76. The van der Waals surface area contributed by atoms with Crippen molar-refractivity contribution in [3.05, 3.63) is 59.0 Å². The Morgan fingerprint density at radius 2 is 1.92 bits per heavy atom. The van der Waals surface area contributed by atoms with Crippen LogP contribution in [0.2, 0.25) is 0 Å². The van der Waals surface area contributed by atoms with Crippen molar-refractivity contribution in [2.24, 2.45) is 10.7 Å². The lowest BCUT2D eigenvalue weighted by molar-refractivity contribution is 0.0972. The molecule has 0 fully saturated rings. The summed E-state index contributed by atoms with van der Waals surface area (Å²) in [5, 5.41) is 6.53. The van der Waals surface area contributed by atoms with Crippen LogP contribution in [0.4, 0.5) is 0 Å². The number of aliphatic imine (C=N–C) groups is 1. The summed E-state index contributed by atoms with van der Waals surface area (Å²) in [5.74, 6) is 0.939. The highest BCUT2D eigenvalue weighted by atomic mass is 16.3. The van der Waals surface area contributed by atoms with Gasteiger partial charge in [-0.15, -0.1) is 0 Å². The van der Waals surface area contributed by atoms with Crippen molar-refractivity contribution in [3.63, 3.8) is 0 Å². The minimum absolute atomic E-state index is 0.161. The van der Waals surface area contributed by atoms with Crippen molar-refractivity contribution >= 4 is 11.9 Å². The Balaban J connectivity index is 1.96. The second-order valence-corrected chi connectivity index (χ2v) is 5.91. The summed E-state index contributed by atoms with van der Waals surface area (Å²) in [4.78, 5) is 15.7. The van der Waals surface area contributed by atoms with E-state index in [2.05, 4.69) is 53.7 Å². The van der Waals surface area contributed by atoms with Gasteiger partial charge in [0.15, 0.2) is 11.7 Å². The highest BCUT2D eigenvalue weighted by Crippen LogP contribution is 2.07. The van der Waals surface area contributed by atoms with Gasteiger partial charge in [0.25, 0.3) is 5.91 Å². The quantitative estimate of drug-likeness (QED) is 0.391. The first-order valence-corrected chi connectivity index (χ1v) is 8.54. The maximum absolute atomic E-state index is 11.1. The van der Waals surface area contributed by atoms with Gasteiger partial charge in [-0.25, -0.2) is 4.99 Å². The van der Waals surface area contributed by atoms with E-state index in [0.29, 0.717) is 24.8 Å². The summed E-state index contributed by atoms with van der Waals surface area (Å²) in [6.45, 7) is 6.08. The van der Waals surface area contributed by atoms with Gasteiger partial charge >= 0.3 is 0 Å². The average Bonchev–Trinajstić information content (AvgIpc) is 3.08. The van der Waals surface area contributed by atoms with Crippen LogP contribution in [0.5, 0.6) is 0 Å². The molecule has 0 saturated heterocycles. The van der Waals surface area contributed by atoms with E-state index in [1.807, 2.05) is 0 Å². The van der Waals surface area contributed by atoms with E-state index < -0.39 is 5.91 Å². The third kappa shape index (κ3) is 6.33. The van der Waals surface area contributed by atoms with Crippen LogP contribution in [-0.4, -0.2) is 18.4 Å². The number of primary amides is 1. The molecule has 134 valence electrons. The van der Waals surface area contributed by atoms with Crippen molar-refractivity contribution < 1.29 is 9.21 Å². The van der Waals surface area contributed by atoms with Gasteiger partial charge in [-0.1, -0.05) is 43.2 Å². The highest BCUT2D eigenvalue weighted by Gasteiger charge is 2.07. The summed E-state index contributed by atoms with van der Waals surface area (Å²) in [7, 11) is 0. The molecule has 1 aromatic heterocycles. The number of benzene rings is 1. The summed E-state index contributed by atoms with van der Waals surface area (Å²) in [6, 6.07) is 11.6. The Labute approximate surface area is 148 Å². The first-order chi connectivity index (χ1) is 12.1. The van der Waals surface area contributed by atoms with Gasteiger partial charge in [-0.05, 0) is 31.0 Å². The predicted octanol–water partition coefficient (Wildman–Crippen LogP) is 2.72. The first kappa shape index (κ1) is 18.6. The molecule has 6 nitrogen and oxygen atoms in total. The van der Waals surface area contributed by atoms with E-state index in [1.54, 1.807) is 12.1 Å². The number of carbonyl (C=O) groups is 1. The van der Waals surface area contributed by atoms with Crippen molar-refractivity contribution in [3.8, 4) is 0 Å². The van der Waals surface area contributed by atoms with Crippen LogP contribution in [0, 0.1) is 6.92 Å². The number of unbranched alkanes of at least 4 members (excludes halogenated alkanes) is 1. The number of furan rings is 1. The fourth-order valence-electron chi connectivity index (χ4n) is 2.20. The second kappa shape index (κ2) is 9.52. The van der Waals surface area contributed by atoms with E-state index >= 15 is 0 Å². The molecular weight excluding hydrogens is 316 g/mol. The number of nitrogens with zero attached hydrogens (tertiary/aromatic N) is 1. The minimum atomic E-state index is -0.569. The molecule has 0 aliphatic carbocycles. The monoisotopic (exact) mass is 342 g/mol. The smallest absolute Gasteiger partial charge is 0.284 e. The Morgan fingerprint density at radius 1 is 1.16 bits per heavy atom. The zero-order chi connectivity index (χ0) is 18.1. The van der Waals surface area contributed by atoms with Crippen molar-refractivity contribution in [2.75, 3.05) is 6.54 Å². The molecule has 0 saturated carbocycles. The Morgan fingerprint density at radius 3 is 2.56 bits per heavy atom. The lowest BCUT2D eigenvalue weighted by Gasteiger charge is -2.11. The maximum atomic E-state index is 11.1. The van der Waals surface area contributed by atoms with Crippen LogP contribution >= 0.6 is 0 Å². The van der Waals surface area contributed by atoms with Crippen LogP contribution in [0.15, 0.2) is 45.8 Å². The molecule has 0 atom stereocenters. The topological polar surface area (TPSA) is 92.6 Å².